The van der Waals surface area contributed by atoms with Crippen LogP contribution < -0.4 is 0 Å². The Balaban J connectivity index is 2.21. The van der Waals surface area contributed by atoms with Crippen molar-refractivity contribution in [2.45, 2.75) is 25.8 Å². The summed E-state index contributed by atoms with van der Waals surface area (Å²) in [6.45, 7) is 3.09. The summed E-state index contributed by atoms with van der Waals surface area (Å²) in [4.78, 5) is 4.41. The maximum Gasteiger partial charge on any atom is 0.126 e. The minimum absolute atomic E-state index is 0.472. The van der Waals surface area contributed by atoms with E-state index in [9.17, 15) is 0 Å². The number of hydrogen-bond acceptors (Lipinski definition) is 3. The monoisotopic (exact) mass is 241 g/mol. The molecule has 0 amide bonds. The highest BCUT2D eigenvalue weighted by atomic mass is 35.5. The molecule has 2 rings (SSSR count). The molecule has 80 valence electrons. The van der Waals surface area contributed by atoms with Crippen LogP contribution in [0.25, 0.3) is 10.6 Å². The van der Waals surface area contributed by atoms with Gasteiger partial charge in [-0.2, -0.15) is 5.10 Å². The van der Waals surface area contributed by atoms with Crippen molar-refractivity contribution in [2.75, 3.05) is 0 Å². The highest BCUT2D eigenvalue weighted by Crippen LogP contribution is 2.23. The third-order valence-electron chi connectivity index (χ3n) is 2.02. The second kappa shape index (κ2) is 4.77. The van der Waals surface area contributed by atoms with Crippen LogP contribution in [-0.4, -0.2) is 14.8 Å². The summed E-state index contributed by atoms with van der Waals surface area (Å²) in [7, 11) is 0. The zero-order chi connectivity index (χ0) is 10.7. The summed E-state index contributed by atoms with van der Waals surface area (Å²) in [5, 5.41) is 7.25. The Morgan fingerprint density at radius 3 is 3.07 bits per heavy atom. The quantitative estimate of drug-likeness (QED) is 0.770. The molecule has 0 N–H and O–H groups in total. The number of hydrogen-bond donors (Lipinski definition) is 0. The average Bonchev–Trinajstić information content (AvgIpc) is 2.85. The van der Waals surface area contributed by atoms with Gasteiger partial charge >= 0.3 is 0 Å². The van der Waals surface area contributed by atoms with Crippen LogP contribution in [0.1, 0.15) is 19.0 Å². The number of alkyl halides is 1. The molecule has 0 fully saturated rings. The molecular weight excluding hydrogens is 230 g/mol. The summed E-state index contributed by atoms with van der Waals surface area (Å²) < 4.78 is 1.94. The van der Waals surface area contributed by atoms with Crippen LogP contribution in [0.3, 0.4) is 0 Å². The van der Waals surface area contributed by atoms with Gasteiger partial charge in [-0.1, -0.05) is 6.92 Å². The first kappa shape index (κ1) is 10.6. The number of rotatable bonds is 4. The van der Waals surface area contributed by atoms with Gasteiger partial charge in [0.1, 0.15) is 5.01 Å². The molecule has 0 radical (unpaired) electrons. The molecule has 0 saturated heterocycles. The first-order valence-electron chi connectivity index (χ1n) is 4.86. The van der Waals surface area contributed by atoms with Gasteiger partial charge in [-0.25, -0.2) is 4.98 Å². The fraction of sp³-hybridized carbons (Fsp3) is 0.400. The average molecular weight is 242 g/mol. The normalized spacial score (nSPS) is 10.8. The minimum atomic E-state index is 0.472. The van der Waals surface area contributed by atoms with Crippen LogP contribution in [-0.2, 0) is 12.4 Å². The molecule has 0 bridgehead atoms. The molecule has 0 unspecified atom stereocenters. The first-order valence-corrected chi connectivity index (χ1v) is 6.28. The fourth-order valence-electron chi connectivity index (χ4n) is 1.33. The Morgan fingerprint density at radius 2 is 2.40 bits per heavy atom. The third-order valence-corrected chi connectivity index (χ3v) is 3.24. The van der Waals surface area contributed by atoms with Crippen LogP contribution in [0.4, 0.5) is 0 Å². The van der Waals surface area contributed by atoms with Gasteiger partial charge in [0.25, 0.3) is 0 Å². The molecule has 0 saturated carbocycles. The first-order chi connectivity index (χ1) is 7.33. The predicted molar refractivity (Wildman–Crippen MR) is 63.2 cm³/mol. The molecular formula is C10H12ClN3S. The Bertz CT molecular complexity index is 435. The molecule has 2 heterocycles. The van der Waals surface area contributed by atoms with Crippen LogP contribution >= 0.6 is 22.9 Å². The molecule has 3 nitrogen and oxygen atoms in total. The molecule has 0 aliphatic heterocycles. The summed E-state index contributed by atoms with van der Waals surface area (Å²) in [5.74, 6) is 0.472. The molecule has 0 spiro atoms. The number of aromatic nitrogens is 3. The van der Waals surface area contributed by atoms with Gasteiger partial charge in [0.15, 0.2) is 0 Å². The lowest BCUT2D eigenvalue weighted by Gasteiger charge is -1.94. The number of aryl methyl sites for hydroxylation is 1. The van der Waals surface area contributed by atoms with E-state index in [1.54, 1.807) is 11.3 Å². The van der Waals surface area contributed by atoms with E-state index in [2.05, 4.69) is 17.0 Å². The molecule has 2 aromatic rings. The molecule has 15 heavy (non-hydrogen) atoms. The van der Waals surface area contributed by atoms with E-state index in [1.807, 2.05) is 22.5 Å². The van der Waals surface area contributed by atoms with Crippen molar-refractivity contribution < 1.29 is 0 Å². The van der Waals surface area contributed by atoms with Crippen molar-refractivity contribution in [1.82, 2.24) is 14.8 Å². The number of nitrogens with zero attached hydrogens (tertiary/aromatic N) is 3. The third kappa shape index (κ3) is 2.38. The van der Waals surface area contributed by atoms with Crippen LogP contribution in [0.15, 0.2) is 17.8 Å². The van der Waals surface area contributed by atoms with E-state index in [0.29, 0.717) is 5.88 Å². The van der Waals surface area contributed by atoms with Crippen molar-refractivity contribution >= 4 is 22.9 Å². The smallest absolute Gasteiger partial charge is 0.126 e. The maximum atomic E-state index is 5.71. The van der Waals surface area contributed by atoms with Gasteiger partial charge in [-0.3, -0.25) is 4.68 Å². The van der Waals surface area contributed by atoms with Gasteiger partial charge in [-0.05, 0) is 6.42 Å². The summed E-state index contributed by atoms with van der Waals surface area (Å²) in [6, 6.07) is 0. The summed E-state index contributed by atoms with van der Waals surface area (Å²) >= 11 is 7.32. The topological polar surface area (TPSA) is 30.7 Å². The van der Waals surface area contributed by atoms with Crippen LogP contribution in [0.5, 0.6) is 0 Å². The van der Waals surface area contributed by atoms with Crippen molar-refractivity contribution in [3.8, 4) is 10.6 Å². The van der Waals surface area contributed by atoms with Crippen molar-refractivity contribution in [1.29, 1.82) is 0 Å². The van der Waals surface area contributed by atoms with Crippen molar-refractivity contribution in [3.63, 3.8) is 0 Å². The van der Waals surface area contributed by atoms with E-state index in [1.165, 1.54) is 0 Å². The zero-order valence-electron chi connectivity index (χ0n) is 8.48. The van der Waals surface area contributed by atoms with Crippen molar-refractivity contribution in [2.24, 2.45) is 0 Å². The Hall–Kier alpha value is -0.870. The van der Waals surface area contributed by atoms with Crippen LogP contribution in [0.2, 0.25) is 0 Å². The Morgan fingerprint density at radius 1 is 1.53 bits per heavy atom. The Kier molecular flexibility index (Phi) is 3.38. The van der Waals surface area contributed by atoms with E-state index in [-0.39, 0.29) is 0 Å². The van der Waals surface area contributed by atoms with Gasteiger partial charge in [0, 0.05) is 23.7 Å². The maximum absolute atomic E-state index is 5.71. The van der Waals surface area contributed by atoms with E-state index in [0.717, 1.165) is 29.2 Å². The van der Waals surface area contributed by atoms with Crippen molar-refractivity contribution in [3.05, 3.63) is 23.5 Å². The molecule has 2 aromatic heterocycles. The van der Waals surface area contributed by atoms with Crippen LogP contribution in [0, 0.1) is 0 Å². The molecule has 0 aliphatic carbocycles. The van der Waals surface area contributed by atoms with E-state index in [4.69, 9.17) is 11.6 Å². The van der Waals surface area contributed by atoms with Gasteiger partial charge in [0.2, 0.25) is 0 Å². The lowest BCUT2D eigenvalue weighted by Crippen LogP contribution is -1.95. The lowest BCUT2D eigenvalue weighted by molar-refractivity contribution is 0.603. The largest absolute Gasteiger partial charge is 0.272 e. The standard InChI is InChI=1S/C10H12ClN3S/c1-2-3-14-6-8(5-12-14)10-13-9(4-11)7-15-10/h5-7H,2-4H2,1H3. The number of halogens is 1. The minimum Gasteiger partial charge on any atom is -0.272 e. The second-order valence-electron chi connectivity index (χ2n) is 3.27. The second-order valence-corrected chi connectivity index (χ2v) is 4.40. The highest BCUT2D eigenvalue weighted by Gasteiger charge is 2.06. The molecule has 0 atom stereocenters. The SMILES string of the molecule is CCCn1cc(-c2nc(CCl)cs2)cn1. The van der Waals surface area contributed by atoms with Gasteiger partial charge in [-0.15, -0.1) is 22.9 Å². The molecule has 0 aliphatic rings. The fourth-order valence-corrected chi connectivity index (χ4v) is 2.35. The molecule has 0 aromatic carbocycles. The van der Waals surface area contributed by atoms with Gasteiger partial charge in [0.05, 0.1) is 17.8 Å². The molecule has 5 heteroatoms. The zero-order valence-corrected chi connectivity index (χ0v) is 10.1. The summed E-state index contributed by atoms with van der Waals surface area (Å²) in [5.41, 5.74) is 2.00. The van der Waals surface area contributed by atoms with E-state index < -0.39 is 0 Å². The highest BCUT2D eigenvalue weighted by molar-refractivity contribution is 7.13. The lowest BCUT2D eigenvalue weighted by atomic mass is 10.4. The Labute approximate surface area is 97.7 Å². The van der Waals surface area contributed by atoms with E-state index >= 15 is 0 Å². The summed E-state index contributed by atoms with van der Waals surface area (Å²) in [6.07, 6.45) is 4.97. The predicted octanol–water partition coefficient (Wildman–Crippen LogP) is 3.16. The number of thiazole rings is 1. The van der Waals surface area contributed by atoms with Gasteiger partial charge < -0.3 is 0 Å².